The minimum Gasteiger partial charge on any atom is -0.237 e. The van der Waals surface area contributed by atoms with Crippen molar-refractivity contribution in [3.05, 3.63) is 83.7 Å². The zero-order valence-corrected chi connectivity index (χ0v) is 11.7. The zero-order chi connectivity index (χ0) is 13.8. The van der Waals surface area contributed by atoms with Gasteiger partial charge >= 0.3 is 0 Å². The van der Waals surface area contributed by atoms with Gasteiger partial charge in [-0.25, -0.2) is 4.68 Å². The summed E-state index contributed by atoms with van der Waals surface area (Å²) in [5.74, 6) is 0. The molecule has 0 bridgehead atoms. The highest BCUT2D eigenvalue weighted by Gasteiger charge is 2.09. The molecule has 0 aliphatic heterocycles. The monoisotopic (exact) mass is 262 g/mol. The minimum atomic E-state index is 0.905. The van der Waals surface area contributed by atoms with Crippen molar-refractivity contribution >= 4 is 0 Å². The molecule has 3 aromatic rings. The predicted molar refractivity (Wildman–Crippen MR) is 82.2 cm³/mol. The van der Waals surface area contributed by atoms with Crippen LogP contribution in [0.2, 0.25) is 0 Å². The van der Waals surface area contributed by atoms with E-state index in [2.05, 4.69) is 72.3 Å². The lowest BCUT2D eigenvalue weighted by Gasteiger charge is -2.07. The number of hydrogen-bond donors (Lipinski definition) is 0. The summed E-state index contributed by atoms with van der Waals surface area (Å²) in [7, 11) is 0. The summed E-state index contributed by atoms with van der Waals surface area (Å²) in [5.41, 5.74) is 4.81. The van der Waals surface area contributed by atoms with Crippen molar-refractivity contribution in [1.29, 1.82) is 0 Å². The van der Waals surface area contributed by atoms with Crippen LogP contribution < -0.4 is 0 Å². The molecule has 1 heterocycles. The molecule has 100 valence electrons. The van der Waals surface area contributed by atoms with Crippen LogP contribution in [0.15, 0.2) is 66.7 Å². The highest BCUT2D eigenvalue weighted by atomic mass is 15.3. The largest absolute Gasteiger partial charge is 0.237 e. The Hall–Kier alpha value is -2.35. The van der Waals surface area contributed by atoms with E-state index in [1.54, 1.807) is 0 Å². The highest BCUT2D eigenvalue weighted by Crippen LogP contribution is 2.16. The van der Waals surface area contributed by atoms with Crippen LogP contribution in [0.1, 0.15) is 23.9 Å². The average Bonchev–Trinajstić information content (AvgIpc) is 2.92. The Morgan fingerprint density at radius 3 is 2.20 bits per heavy atom. The summed E-state index contributed by atoms with van der Waals surface area (Å²) in [6, 6.07) is 23.1. The molecule has 0 aliphatic rings. The van der Waals surface area contributed by atoms with Crippen LogP contribution in [0.3, 0.4) is 0 Å². The van der Waals surface area contributed by atoms with Gasteiger partial charge in [0.05, 0.1) is 11.4 Å². The van der Waals surface area contributed by atoms with Gasteiger partial charge in [0, 0.05) is 12.1 Å². The third-order valence-electron chi connectivity index (χ3n) is 3.42. The predicted octanol–water partition coefficient (Wildman–Crippen LogP) is 4.03. The lowest BCUT2D eigenvalue weighted by molar-refractivity contribution is 0.801. The Bertz CT molecular complexity index is 669. The molecule has 0 fully saturated rings. The maximum atomic E-state index is 4.71. The van der Waals surface area contributed by atoms with Gasteiger partial charge in [0.1, 0.15) is 0 Å². The van der Waals surface area contributed by atoms with Crippen LogP contribution in [0, 0.1) is 0 Å². The first kappa shape index (κ1) is 12.7. The lowest BCUT2D eigenvalue weighted by atomic mass is 10.1. The second-order valence-electron chi connectivity index (χ2n) is 4.89. The molecule has 0 aliphatic carbocycles. The first-order chi connectivity index (χ1) is 9.86. The van der Waals surface area contributed by atoms with E-state index < -0.39 is 0 Å². The van der Waals surface area contributed by atoms with E-state index in [4.69, 9.17) is 5.10 Å². The van der Waals surface area contributed by atoms with Gasteiger partial charge < -0.3 is 0 Å². The van der Waals surface area contributed by atoms with E-state index in [1.165, 1.54) is 11.3 Å². The number of aryl methyl sites for hydroxylation is 1. The van der Waals surface area contributed by atoms with Gasteiger partial charge in [-0.15, -0.1) is 0 Å². The topological polar surface area (TPSA) is 17.8 Å². The van der Waals surface area contributed by atoms with E-state index in [0.29, 0.717) is 0 Å². The molecule has 0 radical (unpaired) electrons. The van der Waals surface area contributed by atoms with Crippen molar-refractivity contribution in [3.8, 4) is 5.69 Å². The molecule has 0 unspecified atom stereocenters. The summed E-state index contributed by atoms with van der Waals surface area (Å²) >= 11 is 0. The Labute approximate surface area is 119 Å². The summed E-state index contributed by atoms with van der Waals surface area (Å²) in [5, 5.41) is 4.71. The summed E-state index contributed by atoms with van der Waals surface area (Å²) in [4.78, 5) is 0. The summed E-state index contributed by atoms with van der Waals surface area (Å²) in [6.45, 7) is 2.14. The number of nitrogens with zero attached hydrogens (tertiary/aromatic N) is 2. The van der Waals surface area contributed by atoms with Crippen LogP contribution >= 0.6 is 0 Å². The van der Waals surface area contributed by atoms with Crippen molar-refractivity contribution in [2.75, 3.05) is 0 Å². The Kier molecular flexibility index (Phi) is 3.64. The molecular weight excluding hydrogens is 244 g/mol. The van der Waals surface area contributed by atoms with Gasteiger partial charge in [-0.05, 0) is 30.2 Å². The van der Waals surface area contributed by atoms with E-state index in [1.807, 2.05) is 6.07 Å². The zero-order valence-electron chi connectivity index (χ0n) is 11.7. The molecule has 3 rings (SSSR count). The third-order valence-corrected chi connectivity index (χ3v) is 3.42. The molecule has 0 N–H and O–H groups in total. The normalized spacial score (nSPS) is 10.7. The van der Waals surface area contributed by atoms with Gasteiger partial charge in [0.25, 0.3) is 0 Å². The van der Waals surface area contributed by atoms with Crippen LogP contribution in [0.25, 0.3) is 5.69 Å². The van der Waals surface area contributed by atoms with Crippen molar-refractivity contribution in [3.63, 3.8) is 0 Å². The second-order valence-corrected chi connectivity index (χ2v) is 4.89. The molecule has 2 heteroatoms. The van der Waals surface area contributed by atoms with E-state index in [-0.39, 0.29) is 0 Å². The van der Waals surface area contributed by atoms with Gasteiger partial charge in [-0.2, -0.15) is 5.10 Å². The lowest BCUT2D eigenvalue weighted by Crippen LogP contribution is -2.02. The summed E-state index contributed by atoms with van der Waals surface area (Å²) < 4.78 is 2.06. The first-order valence-electron chi connectivity index (χ1n) is 7.04. The smallest absolute Gasteiger partial charge is 0.0649 e. The van der Waals surface area contributed by atoms with Crippen molar-refractivity contribution in [2.45, 2.75) is 19.8 Å². The molecule has 0 spiro atoms. The molecule has 2 aromatic carbocycles. The maximum Gasteiger partial charge on any atom is 0.0649 e. The van der Waals surface area contributed by atoms with Crippen LogP contribution in [-0.2, 0) is 12.8 Å². The number of hydrogen-bond acceptors (Lipinski definition) is 1. The molecule has 0 atom stereocenters. The third kappa shape index (κ3) is 2.64. The number of rotatable bonds is 4. The van der Waals surface area contributed by atoms with Gasteiger partial charge in [-0.3, -0.25) is 0 Å². The first-order valence-corrected chi connectivity index (χ1v) is 7.04. The van der Waals surface area contributed by atoms with E-state index >= 15 is 0 Å². The minimum absolute atomic E-state index is 0.905. The molecule has 0 saturated heterocycles. The van der Waals surface area contributed by atoms with Crippen LogP contribution in [0.4, 0.5) is 0 Å². The molecule has 0 saturated carbocycles. The fourth-order valence-corrected chi connectivity index (χ4v) is 2.37. The molecule has 0 amide bonds. The fourth-order valence-electron chi connectivity index (χ4n) is 2.37. The van der Waals surface area contributed by atoms with E-state index in [9.17, 15) is 0 Å². The number of benzene rings is 2. The van der Waals surface area contributed by atoms with Crippen molar-refractivity contribution in [1.82, 2.24) is 9.78 Å². The summed E-state index contributed by atoms with van der Waals surface area (Å²) in [6.07, 6.45) is 1.87. The highest BCUT2D eigenvalue weighted by molar-refractivity contribution is 5.35. The van der Waals surface area contributed by atoms with Crippen LogP contribution in [0.5, 0.6) is 0 Å². The van der Waals surface area contributed by atoms with Crippen molar-refractivity contribution in [2.24, 2.45) is 0 Å². The Morgan fingerprint density at radius 1 is 0.900 bits per heavy atom. The molecule has 20 heavy (non-hydrogen) atoms. The quantitative estimate of drug-likeness (QED) is 0.694. The molecule has 1 aromatic heterocycles. The number of aromatic nitrogens is 2. The Balaban J connectivity index is 2.00. The molecule has 2 nitrogen and oxygen atoms in total. The van der Waals surface area contributed by atoms with Gasteiger partial charge in [0.15, 0.2) is 0 Å². The maximum absolute atomic E-state index is 4.71. The average molecular weight is 262 g/mol. The van der Waals surface area contributed by atoms with Gasteiger partial charge in [0.2, 0.25) is 0 Å². The number of para-hydroxylation sites is 1. The molecular formula is C18H18N2. The SMILES string of the molecule is CCc1cc(Cc2ccccc2)n(-c2ccccc2)n1. The van der Waals surface area contributed by atoms with Gasteiger partial charge in [-0.1, -0.05) is 55.5 Å². The standard InChI is InChI=1S/C18H18N2/c1-2-16-14-18(13-15-9-5-3-6-10-15)20(19-16)17-11-7-4-8-12-17/h3-12,14H,2,13H2,1H3. The van der Waals surface area contributed by atoms with Crippen molar-refractivity contribution < 1.29 is 0 Å². The van der Waals surface area contributed by atoms with Crippen LogP contribution in [-0.4, -0.2) is 9.78 Å². The fraction of sp³-hybridized carbons (Fsp3) is 0.167. The van der Waals surface area contributed by atoms with E-state index in [0.717, 1.165) is 24.2 Å². The second kappa shape index (κ2) is 5.74. The Morgan fingerprint density at radius 2 is 1.55 bits per heavy atom.